The first-order chi connectivity index (χ1) is 8.43. The molecule has 0 aromatic heterocycles. The van der Waals surface area contributed by atoms with Crippen LogP contribution in [0.15, 0.2) is 29.2 Å². The molecule has 92 valence electrons. The molecular weight excluding hydrogens is 230 g/mol. The van der Waals surface area contributed by atoms with Crippen molar-refractivity contribution in [3.63, 3.8) is 0 Å². The molecule has 1 saturated heterocycles. The third-order valence-electron chi connectivity index (χ3n) is 3.54. The highest BCUT2D eigenvalue weighted by molar-refractivity contribution is 8.00. The van der Waals surface area contributed by atoms with Gasteiger partial charge < -0.3 is 10.1 Å². The van der Waals surface area contributed by atoms with Gasteiger partial charge in [0.1, 0.15) is 0 Å². The maximum atomic E-state index is 5.86. The molecule has 1 saturated carbocycles. The molecule has 2 fully saturated rings. The molecule has 1 unspecified atom stereocenters. The van der Waals surface area contributed by atoms with Crippen molar-refractivity contribution in [2.75, 3.05) is 19.7 Å². The molecule has 2 nitrogen and oxygen atoms in total. The molecule has 1 aromatic rings. The summed E-state index contributed by atoms with van der Waals surface area (Å²) < 4.78 is 5.86. The van der Waals surface area contributed by atoms with Gasteiger partial charge in [0.2, 0.25) is 0 Å². The van der Waals surface area contributed by atoms with Crippen LogP contribution in [0, 0.1) is 0 Å². The summed E-state index contributed by atoms with van der Waals surface area (Å²) in [5, 5.41) is 4.25. The Kier molecular flexibility index (Phi) is 3.69. The summed E-state index contributed by atoms with van der Waals surface area (Å²) in [5.74, 6) is 0. The number of thioether (sulfide) groups is 1. The van der Waals surface area contributed by atoms with E-state index in [1.54, 1.807) is 0 Å². The molecule has 1 heterocycles. The minimum atomic E-state index is 0.243. The lowest BCUT2D eigenvalue weighted by molar-refractivity contribution is 0.0261. The van der Waals surface area contributed by atoms with Crippen LogP contribution in [0.25, 0.3) is 0 Å². The monoisotopic (exact) mass is 249 g/mol. The summed E-state index contributed by atoms with van der Waals surface area (Å²) in [4.78, 5) is 1.42. The van der Waals surface area contributed by atoms with Crippen molar-refractivity contribution in [2.45, 2.75) is 35.5 Å². The number of morpholine rings is 1. The fraction of sp³-hybridized carbons (Fsp3) is 0.571. The highest BCUT2D eigenvalue weighted by atomic mass is 32.2. The van der Waals surface area contributed by atoms with Crippen LogP contribution >= 0.6 is 11.8 Å². The number of hydrogen-bond acceptors (Lipinski definition) is 3. The van der Waals surface area contributed by atoms with E-state index in [2.05, 4.69) is 29.6 Å². The smallest absolute Gasteiger partial charge is 0.0960 e. The lowest BCUT2D eigenvalue weighted by atomic mass is 10.00. The predicted octanol–water partition coefficient (Wildman–Crippen LogP) is 2.99. The summed E-state index contributed by atoms with van der Waals surface area (Å²) in [7, 11) is 0. The zero-order valence-electron chi connectivity index (χ0n) is 10.0. The van der Waals surface area contributed by atoms with E-state index in [0.717, 1.165) is 24.9 Å². The van der Waals surface area contributed by atoms with E-state index < -0.39 is 0 Å². The molecule has 17 heavy (non-hydrogen) atoms. The summed E-state index contributed by atoms with van der Waals surface area (Å²) in [6, 6.07) is 8.73. The Labute approximate surface area is 107 Å². The zero-order valence-corrected chi connectivity index (χ0v) is 10.8. The Balaban J connectivity index is 1.76. The van der Waals surface area contributed by atoms with Gasteiger partial charge in [0, 0.05) is 23.2 Å². The second-order valence-corrected chi connectivity index (χ2v) is 6.11. The Hall–Kier alpha value is -0.510. The van der Waals surface area contributed by atoms with Crippen LogP contribution in [0.5, 0.6) is 0 Å². The Morgan fingerprint density at radius 2 is 2.12 bits per heavy atom. The third-order valence-corrected chi connectivity index (χ3v) is 4.97. The molecule has 3 rings (SSSR count). The fourth-order valence-corrected chi connectivity index (χ4v) is 3.71. The van der Waals surface area contributed by atoms with Crippen molar-refractivity contribution in [3.05, 3.63) is 29.8 Å². The van der Waals surface area contributed by atoms with Gasteiger partial charge >= 0.3 is 0 Å². The second-order valence-electron chi connectivity index (χ2n) is 4.77. The summed E-state index contributed by atoms with van der Waals surface area (Å²) in [5.41, 5.74) is 1.37. The lowest BCUT2D eigenvalue weighted by Crippen LogP contribution is -2.33. The molecular formula is C14H19NOS. The average Bonchev–Trinajstić information content (AvgIpc) is 2.35. The minimum Gasteiger partial charge on any atom is -0.371 e. The van der Waals surface area contributed by atoms with E-state index in [0.29, 0.717) is 0 Å². The summed E-state index contributed by atoms with van der Waals surface area (Å²) in [6.07, 6.45) is 4.40. The standard InChI is InChI=1S/C14H19NOS/c1-2-7-14(17-11-4-3-5-11)12(6-1)13-10-15-8-9-16-13/h1-2,6-7,11,13,15H,3-5,8-10H2. The average molecular weight is 249 g/mol. The number of ether oxygens (including phenoxy) is 1. The molecule has 0 spiro atoms. The Morgan fingerprint density at radius 3 is 2.82 bits per heavy atom. The van der Waals surface area contributed by atoms with Crippen LogP contribution in [0.1, 0.15) is 30.9 Å². The van der Waals surface area contributed by atoms with Crippen LogP contribution in [-0.4, -0.2) is 24.9 Å². The highest BCUT2D eigenvalue weighted by Crippen LogP contribution is 2.39. The van der Waals surface area contributed by atoms with Gasteiger partial charge in [-0.2, -0.15) is 0 Å². The molecule has 1 aliphatic carbocycles. The highest BCUT2D eigenvalue weighted by Gasteiger charge is 2.23. The SMILES string of the molecule is c1ccc(C2CNCCO2)c(SC2CCC2)c1. The van der Waals surface area contributed by atoms with Crippen LogP contribution in [-0.2, 0) is 4.74 Å². The fourth-order valence-electron chi connectivity index (χ4n) is 2.29. The second kappa shape index (κ2) is 5.42. The normalized spacial score (nSPS) is 25.5. The number of benzene rings is 1. The maximum absolute atomic E-state index is 5.86. The van der Waals surface area contributed by atoms with Crippen LogP contribution < -0.4 is 5.32 Å². The van der Waals surface area contributed by atoms with Crippen LogP contribution in [0.3, 0.4) is 0 Å². The Morgan fingerprint density at radius 1 is 1.24 bits per heavy atom. The Bertz CT molecular complexity index is 372. The van der Waals surface area contributed by atoms with Crippen molar-refractivity contribution in [1.82, 2.24) is 5.32 Å². The van der Waals surface area contributed by atoms with Gasteiger partial charge in [0.15, 0.2) is 0 Å². The molecule has 0 bridgehead atoms. The van der Waals surface area contributed by atoms with Crippen molar-refractivity contribution < 1.29 is 4.74 Å². The molecule has 0 amide bonds. The van der Waals surface area contributed by atoms with Crippen molar-refractivity contribution in [2.24, 2.45) is 0 Å². The summed E-state index contributed by atoms with van der Waals surface area (Å²) >= 11 is 2.04. The number of nitrogens with one attached hydrogen (secondary N) is 1. The van der Waals surface area contributed by atoms with Gasteiger partial charge in [0.25, 0.3) is 0 Å². The van der Waals surface area contributed by atoms with Crippen molar-refractivity contribution >= 4 is 11.8 Å². The molecule has 3 heteroatoms. The molecule has 1 aromatic carbocycles. The van der Waals surface area contributed by atoms with Gasteiger partial charge in [-0.3, -0.25) is 0 Å². The van der Waals surface area contributed by atoms with Crippen molar-refractivity contribution in [1.29, 1.82) is 0 Å². The van der Waals surface area contributed by atoms with E-state index in [1.807, 2.05) is 11.8 Å². The first-order valence-electron chi connectivity index (χ1n) is 6.51. The first kappa shape index (κ1) is 11.6. The largest absolute Gasteiger partial charge is 0.371 e. The lowest BCUT2D eigenvalue weighted by Gasteiger charge is -2.29. The number of rotatable bonds is 3. The zero-order chi connectivity index (χ0) is 11.5. The van der Waals surface area contributed by atoms with Crippen LogP contribution in [0.4, 0.5) is 0 Å². The molecule has 2 aliphatic rings. The van der Waals surface area contributed by atoms with Gasteiger partial charge in [-0.15, -0.1) is 11.8 Å². The predicted molar refractivity (Wildman–Crippen MR) is 71.5 cm³/mol. The van der Waals surface area contributed by atoms with Gasteiger partial charge in [-0.1, -0.05) is 24.6 Å². The van der Waals surface area contributed by atoms with E-state index in [9.17, 15) is 0 Å². The molecule has 0 radical (unpaired) electrons. The number of hydrogen-bond donors (Lipinski definition) is 1. The minimum absolute atomic E-state index is 0.243. The molecule has 1 aliphatic heterocycles. The van der Waals surface area contributed by atoms with E-state index in [-0.39, 0.29) is 6.10 Å². The maximum Gasteiger partial charge on any atom is 0.0960 e. The van der Waals surface area contributed by atoms with Gasteiger partial charge in [-0.25, -0.2) is 0 Å². The summed E-state index contributed by atoms with van der Waals surface area (Å²) in [6.45, 7) is 2.75. The van der Waals surface area contributed by atoms with E-state index in [4.69, 9.17) is 4.74 Å². The van der Waals surface area contributed by atoms with E-state index >= 15 is 0 Å². The first-order valence-corrected chi connectivity index (χ1v) is 7.39. The molecule has 1 atom stereocenters. The third kappa shape index (κ3) is 2.67. The quantitative estimate of drug-likeness (QED) is 0.890. The topological polar surface area (TPSA) is 21.3 Å². The van der Waals surface area contributed by atoms with Gasteiger partial charge in [0.05, 0.1) is 12.7 Å². The van der Waals surface area contributed by atoms with Crippen molar-refractivity contribution in [3.8, 4) is 0 Å². The van der Waals surface area contributed by atoms with Crippen LogP contribution in [0.2, 0.25) is 0 Å². The van der Waals surface area contributed by atoms with Gasteiger partial charge in [-0.05, 0) is 24.5 Å². The van der Waals surface area contributed by atoms with E-state index in [1.165, 1.54) is 29.7 Å². The molecule has 1 N–H and O–H groups in total.